The molecule has 0 aliphatic carbocycles. The lowest BCUT2D eigenvalue weighted by Crippen LogP contribution is -2.37. The fraction of sp³-hybridized carbons (Fsp3) is 0.263. The highest BCUT2D eigenvalue weighted by Gasteiger charge is 2.29. The summed E-state index contributed by atoms with van der Waals surface area (Å²) in [5.74, 6) is -1.33. The van der Waals surface area contributed by atoms with Crippen LogP contribution in [0.4, 0.5) is 5.69 Å². The molecule has 0 radical (unpaired) electrons. The monoisotopic (exact) mass is 391 g/mol. The number of esters is 2. The van der Waals surface area contributed by atoms with E-state index in [9.17, 15) is 18.0 Å². The van der Waals surface area contributed by atoms with Crippen LogP contribution >= 0.6 is 0 Å². The third kappa shape index (κ3) is 4.28. The molecule has 0 aliphatic rings. The molecule has 0 N–H and O–H groups in total. The van der Waals surface area contributed by atoms with Crippen molar-refractivity contribution in [3.05, 3.63) is 59.2 Å². The average molecular weight is 391 g/mol. The number of anilines is 1. The van der Waals surface area contributed by atoms with E-state index in [1.807, 2.05) is 6.92 Å². The van der Waals surface area contributed by atoms with E-state index in [2.05, 4.69) is 4.74 Å². The summed E-state index contributed by atoms with van der Waals surface area (Å²) in [5.41, 5.74) is 1.69. The maximum Gasteiger partial charge on any atom is 0.338 e. The summed E-state index contributed by atoms with van der Waals surface area (Å²) in [6.07, 6.45) is 0. The quantitative estimate of drug-likeness (QED) is 0.703. The van der Waals surface area contributed by atoms with E-state index in [0.717, 1.165) is 9.87 Å². The van der Waals surface area contributed by atoms with Gasteiger partial charge >= 0.3 is 11.9 Å². The normalized spacial score (nSPS) is 11.0. The molecule has 0 aromatic heterocycles. The molecule has 0 unspecified atom stereocenters. The van der Waals surface area contributed by atoms with Crippen LogP contribution in [0.1, 0.15) is 21.5 Å². The molecule has 0 saturated carbocycles. The van der Waals surface area contributed by atoms with Gasteiger partial charge in [-0.25, -0.2) is 13.2 Å². The van der Waals surface area contributed by atoms with Gasteiger partial charge < -0.3 is 9.47 Å². The largest absolute Gasteiger partial charge is 0.468 e. The standard InChI is InChI=1S/C19H21NO6S/c1-13-8-10-15(11-9-13)27(23,24)20(12-18(21)25-3)17-7-5-6-16(14(17)2)19(22)26-4/h5-11H,12H2,1-4H3. The van der Waals surface area contributed by atoms with Crippen LogP contribution in [0.5, 0.6) is 0 Å². The molecule has 0 bridgehead atoms. The zero-order valence-electron chi connectivity index (χ0n) is 15.6. The van der Waals surface area contributed by atoms with Crippen molar-refractivity contribution in [3.8, 4) is 0 Å². The highest BCUT2D eigenvalue weighted by molar-refractivity contribution is 7.92. The number of methoxy groups -OCH3 is 2. The first-order valence-corrected chi connectivity index (χ1v) is 9.50. The summed E-state index contributed by atoms with van der Waals surface area (Å²) in [4.78, 5) is 23.9. The van der Waals surface area contributed by atoms with Gasteiger partial charge in [-0.2, -0.15) is 0 Å². The lowest BCUT2D eigenvalue weighted by Gasteiger charge is -2.25. The summed E-state index contributed by atoms with van der Waals surface area (Å²) < 4.78 is 36.7. The van der Waals surface area contributed by atoms with Crippen LogP contribution in [-0.2, 0) is 24.3 Å². The van der Waals surface area contributed by atoms with Gasteiger partial charge in [-0.15, -0.1) is 0 Å². The molecule has 0 amide bonds. The summed E-state index contributed by atoms with van der Waals surface area (Å²) in [6.45, 7) is 2.90. The molecule has 2 aromatic rings. The zero-order chi connectivity index (χ0) is 20.2. The van der Waals surface area contributed by atoms with Gasteiger partial charge in [0, 0.05) is 0 Å². The second-order valence-electron chi connectivity index (χ2n) is 5.84. The van der Waals surface area contributed by atoms with Crippen molar-refractivity contribution >= 4 is 27.6 Å². The predicted molar refractivity (Wildman–Crippen MR) is 100 cm³/mol. The Morgan fingerprint density at radius 1 is 0.963 bits per heavy atom. The van der Waals surface area contributed by atoms with Crippen LogP contribution in [-0.4, -0.2) is 41.1 Å². The van der Waals surface area contributed by atoms with Gasteiger partial charge in [0.25, 0.3) is 10.0 Å². The molecule has 27 heavy (non-hydrogen) atoms. The van der Waals surface area contributed by atoms with Gasteiger partial charge in [-0.05, 0) is 43.7 Å². The van der Waals surface area contributed by atoms with Crippen molar-refractivity contribution in [1.82, 2.24) is 0 Å². The first kappa shape index (κ1) is 20.4. The summed E-state index contributed by atoms with van der Waals surface area (Å²) >= 11 is 0. The number of rotatable bonds is 6. The molecule has 0 saturated heterocycles. The molecule has 144 valence electrons. The lowest BCUT2D eigenvalue weighted by atomic mass is 10.1. The minimum absolute atomic E-state index is 0.0277. The third-order valence-electron chi connectivity index (χ3n) is 4.09. The van der Waals surface area contributed by atoms with E-state index in [4.69, 9.17) is 4.74 Å². The van der Waals surface area contributed by atoms with Crippen molar-refractivity contribution in [2.24, 2.45) is 0 Å². The topological polar surface area (TPSA) is 90.0 Å². The minimum Gasteiger partial charge on any atom is -0.468 e. The number of benzene rings is 2. The Hall–Kier alpha value is -2.87. The molecule has 0 spiro atoms. The van der Waals surface area contributed by atoms with Gasteiger partial charge in [-0.1, -0.05) is 23.8 Å². The van der Waals surface area contributed by atoms with Gasteiger partial charge in [-0.3, -0.25) is 9.10 Å². The number of hydrogen-bond acceptors (Lipinski definition) is 6. The molecule has 2 rings (SSSR count). The molecule has 7 nitrogen and oxygen atoms in total. The molecular weight excluding hydrogens is 370 g/mol. The first-order chi connectivity index (χ1) is 12.7. The highest BCUT2D eigenvalue weighted by Crippen LogP contribution is 2.29. The number of hydrogen-bond donors (Lipinski definition) is 0. The lowest BCUT2D eigenvalue weighted by molar-refractivity contribution is -0.138. The molecule has 8 heteroatoms. The SMILES string of the molecule is COC(=O)CN(c1cccc(C(=O)OC)c1C)S(=O)(=O)c1ccc(C)cc1. The van der Waals surface area contributed by atoms with Crippen LogP contribution in [0.3, 0.4) is 0 Å². The minimum atomic E-state index is -4.07. The maximum atomic E-state index is 13.2. The number of carbonyl (C=O) groups is 2. The van der Waals surface area contributed by atoms with Crippen LogP contribution in [0, 0.1) is 13.8 Å². The third-order valence-corrected chi connectivity index (χ3v) is 5.86. The van der Waals surface area contributed by atoms with E-state index in [1.54, 1.807) is 19.1 Å². The van der Waals surface area contributed by atoms with Crippen LogP contribution < -0.4 is 4.31 Å². The molecular formula is C19H21NO6S. The Morgan fingerprint density at radius 2 is 1.59 bits per heavy atom. The predicted octanol–water partition coefficient (Wildman–Crippen LogP) is 2.46. The number of aryl methyl sites for hydroxylation is 1. The van der Waals surface area contributed by atoms with Crippen molar-refractivity contribution in [2.75, 3.05) is 25.1 Å². The van der Waals surface area contributed by atoms with Crippen molar-refractivity contribution < 1.29 is 27.5 Å². The van der Waals surface area contributed by atoms with E-state index in [0.29, 0.717) is 5.56 Å². The van der Waals surface area contributed by atoms with E-state index in [1.165, 1.54) is 44.6 Å². The fourth-order valence-corrected chi connectivity index (χ4v) is 4.01. The van der Waals surface area contributed by atoms with Crippen LogP contribution in [0.2, 0.25) is 0 Å². The molecule has 0 heterocycles. The molecule has 0 atom stereocenters. The number of ether oxygens (including phenoxy) is 2. The molecule has 0 aliphatic heterocycles. The Bertz CT molecular complexity index is 951. The summed E-state index contributed by atoms with van der Waals surface area (Å²) in [5, 5.41) is 0. The second-order valence-corrected chi connectivity index (χ2v) is 7.70. The maximum absolute atomic E-state index is 13.2. The Balaban J connectivity index is 2.64. The smallest absolute Gasteiger partial charge is 0.338 e. The second kappa shape index (κ2) is 8.22. The Morgan fingerprint density at radius 3 is 2.15 bits per heavy atom. The number of carbonyl (C=O) groups excluding carboxylic acids is 2. The van der Waals surface area contributed by atoms with E-state index >= 15 is 0 Å². The van der Waals surface area contributed by atoms with Crippen molar-refractivity contribution in [1.29, 1.82) is 0 Å². The van der Waals surface area contributed by atoms with Gasteiger partial charge in [0.1, 0.15) is 6.54 Å². The van der Waals surface area contributed by atoms with Crippen LogP contribution in [0.25, 0.3) is 0 Å². The Kier molecular flexibility index (Phi) is 6.22. The fourth-order valence-electron chi connectivity index (χ4n) is 2.54. The number of nitrogens with zero attached hydrogens (tertiary/aromatic N) is 1. The summed E-state index contributed by atoms with van der Waals surface area (Å²) in [6, 6.07) is 10.9. The van der Waals surface area contributed by atoms with Crippen molar-refractivity contribution in [2.45, 2.75) is 18.7 Å². The molecule has 2 aromatic carbocycles. The molecule has 0 fully saturated rings. The summed E-state index contributed by atoms with van der Waals surface area (Å²) in [7, 11) is -1.65. The van der Waals surface area contributed by atoms with Gasteiger partial charge in [0.05, 0.1) is 30.4 Å². The highest BCUT2D eigenvalue weighted by atomic mass is 32.2. The van der Waals surface area contributed by atoms with E-state index < -0.39 is 28.5 Å². The number of sulfonamides is 1. The van der Waals surface area contributed by atoms with Gasteiger partial charge in [0.2, 0.25) is 0 Å². The van der Waals surface area contributed by atoms with E-state index in [-0.39, 0.29) is 16.1 Å². The van der Waals surface area contributed by atoms with Crippen LogP contribution in [0.15, 0.2) is 47.4 Å². The van der Waals surface area contributed by atoms with Gasteiger partial charge in [0.15, 0.2) is 0 Å². The first-order valence-electron chi connectivity index (χ1n) is 8.06. The Labute approximate surface area is 158 Å². The average Bonchev–Trinajstić information content (AvgIpc) is 2.66. The van der Waals surface area contributed by atoms with Crippen molar-refractivity contribution in [3.63, 3.8) is 0 Å². The zero-order valence-corrected chi connectivity index (χ0v) is 16.4.